The molecule has 0 saturated carbocycles. The molecule has 1 N–H and O–H groups in total. The van der Waals surface area contributed by atoms with E-state index in [1.165, 1.54) is 36.4 Å². The Hall–Kier alpha value is -3.14. The van der Waals surface area contributed by atoms with E-state index in [1.54, 1.807) is 6.07 Å². The highest BCUT2D eigenvalue weighted by Crippen LogP contribution is 2.32. The second-order valence-corrected chi connectivity index (χ2v) is 7.57. The van der Waals surface area contributed by atoms with Crippen LogP contribution in [0.15, 0.2) is 53.4 Å². The molecule has 0 spiro atoms. The molecule has 1 aliphatic rings. The van der Waals surface area contributed by atoms with Crippen molar-refractivity contribution in [3.05, 3.63) is 75.9 Å². The number of amides is 3. The zero-order valence-corrected chi connectivity index (χ0v) is 16.7. The predicted molar refractivity (Wildman–Crippen MR) is 107 cm³/mol. The molecule has 2 aromatic carbocycles. The maximum atomic E-state index is 13.8. The predicted octanol–water partition coefficient (Wildman–Crippen LogP) is 4.24. The van der Waals surface area contributed by atoms with E-state index in [1.807, 2.05) is 0 Å². The molecule has 1 saturated heterocycles. The second kappa shape index (κ2) is 9.34. The highest BCUT2D eigenvalue weighted by molar-refractivity contribution is 8.18. The van der Waals surface area contributed by atoms with Gasteiger partial charge in [0, 0.05) is 18.7 Å². The van der Waals surface area contributed by atoms with E-state index >= 15 is 0 Å². The first-order chi connectivity index (χ1) is 14.6. The molecule has 5 nitrogen and oxygen atoms in total. The van der Waals surface area contributed by atoms with Gasteiger partial charge in [-0.1, -0.05) is 36.4 Å². The third-order valence-electron chi connectivity index (χ3n) is 4.34. The fourth-order valence-corrected chi connectivity index (χ4v) is 3.69. The molecule has 2 aromatic rings. The van der Waals surface area contributed by atoms with E-state index in [4.69, 9.17) is 0 Å². The quantitative estimate of drug-likeness (QED) is 0.526. The van der Waals surface area contributed by atoms with Crippen molar-refractivity contribution in [1.82, 2.24) is 10.2 Å². The summed E-state index contributed by atoms with van der Waals surface area (Å²) >= 11 is 0.663. The van der Waals surface area contributed by atoms with Crippen LogP contribution >= 0.6 is 11.8 Å². The molecule has 1 fully saturated rings. The van der Waals surface area contributed by atoms with Gasteiger partial charge in [0.1, 0.15) is 5.82 Å². The summed E-state index contributed by atoms with van der Waals surface area (Å²) in [7, 11) is 0. The highest BCUT2D eigenvalue weighted by atomic mass is 32.2. The highest BCUT2D eigenvalue weighted by Gasteiger charge is 2.35. The average molecular weight is 452 g/mol. The molecule has 0 aliphatic carbocycles. The van der Waals surface area contributed by atoms with E-state index in [2.05, 4.69) is 5.32 Å². The van der Waals surface area contributed by atoms with Gasteiger partial charge in [-0.05, 0) is 35.5 Å². The minimum absolute atomic E-state index is 0.0605. The smallest absolute Gasteiger partial charge is 0.354 e. The molecule has 1 aliphatic heterocycles. The Morgan fingerprint density at radius 2 is 1.84 bits per heavy atom. The van der Waals surface area contributed by atoms with Crippen LogP contribution in [0.3, 0.4) is 0 Å². The number of hydrogen-bond acceptors (Lipinski definition) is 4. The normalized spacial score (nSPS) is 15.6. The third kappa shape index (κ3) is 5.72. The lowest BCUT2D eigenvalue weighted by Gasteiger charge is -2.13. The van der Waals surface area contributed by atoms with E-state index in [0.717, 1.165) is 17.0 Å². The number of nitrogens with zero attached hydrogens (tertiary/aromatic N) is 1. The second-order valence-electron chi connectivity index (χ2n) is 6.58. The number of carbonyl (C=O) groups excluding carboxylic acids is 3. The van der Waals surface area contributed by atoms with Gasteiger partial charge >= 0.3 is 6.18 Å². The third-order valence-corrected chi connectivity index (χ3v) is 5.25. The first-order valence-electron chi connectivity index (χ1n) is 9.08. The number of halogens is 4. The fraction of sp³-hybridized carbons (Fsp3) is 0.190. The molecular formula is C21H16F4N2O3S. The molecule has 31 heavy (non-hydrogen) atoms. The number of rotatable bonds is 6. The van der Waals surface area contributed by atoms with Crippen LogP contribution in [-0.2, 0) is 22.2 Å². The summed E-state index contributed by atoms with van der Waals surface area (Å²) in [6.07, 6.45) is -3.50. The summed E-state index contributed by atoms with van der Waals surface area (Å²) in [4.78, 5) is 37.5. The van der Waals surface area contributed by atoms with Gasteiger partial charge in [0.05, 0.1) is 16.9 Å². The molecule has 3 amide bonds. The first-order valence-corrected chi connectivity index (χ1v) is 9.89. The topological polar surface area (TPSA) is 66.5 Å². The Morgan fingerprint density at radius 3 is 2.55 bits per heavy atom. The number of nitrogens with one attached hydrogen (secondary N) is 1. The Bertz CT molecular complexity index is 1050. The van der Waals surface area contributed by atoms with Crippen LogP contribution in [-0.4, -0.2) is 35.0 Å². The molecule has 162 valence electrons. The zero-order chi connectivity index (χ0) is 22.6. The molecule has 3 rings (SSSR count). The number of hydrogen-bond donors (Lipinski definition) is 1. The molecule has 0 aromatic heterocycles. The number of alkyl halides is 3. The number of imide groups is 1. The van der Waals surface area contributed by atoms with Crippen molar-refractivity contribution in [2.45, 2.75) is 12.6 Å². The largest absolute Gasteiger partial charge is 0.416 e. The fourth-order valence-electron chi connectivity index (χ4n) is 2.84. The van der Waals surface area contributed by atoms with Crippen LogP contribution in [0.2, 0.25) is 0 Å². The number of thioether (sulfide) groups is 1. The molecule has 0 radical (unpaired) electrons. The SMILES string of the molecule is O=C(Cc1cccc(C(F)(F)F)c1)NCCN1C(=O)SC(=Cc2ccccc2F)C1=O. The van der Waals surface area contributed by atoms with Crippen LogP contribution in [0.1, 0.15) is 16.7 Å². The summed E-state index contributed by atoms with van der Waals surface area (Å²) in [5.41, 5.74) is -0.494. The van der Waals surface area contributed by atoms with Gasteiger partial charge in [0.25, 0.3) is 11.1 Å². The van der Waals surface area contributed by atoms with Gasteiger partial charge in [-0.2, -0.15) is 13.2 Å². The van der Waals surface area contributed by atoms with E-state index < -0.39 is 34.6 Å². The van der Waals surface area contributed by atoms with Crippen molar-refractivity contribution in [1.29, 1.82) is 0 Å². The van der Waals surface area contributed by atoms with Crippen molar-refractivity contribution in [3.8, 4) is 0 Å². The van der Waals surface area contributed by atoms with E-state index in [0.29, 0.717) is 11.8 Å². The van der Waals surface area contributed by atoms with Crippen molar-refractivity contribution in [3.63, 3.8) is 0 Å². The van der Waals surface area contributed by atoms with Gasteiger partial charge in [0.2, 0.25) is 5.91 Å². The molecule has 1 heterocycles. The van der Waals surface area contributed by atoms with Crippen molar-refractivity contribution < 1.29 is 31.9 Å². The Morgan fingerprint density at radius 1 is 1.10 bits per heavy atom. The van der Waals surface area contributed by atoms with E-state index in [-0.39, 0.29) is 35.5 Å². The lowest BCUT2D eigenvalue weighted by Crippen LogP contribution is -2.37. The summed E-state index contributed by atoms with van der Waals surface area (Å²) in [5.74, 6) is -1.69. The summed E-state index contributed by atoms with van der Waals surface area (Å²) in [5, 5.41) is 1.92. The molecule has 0 atom stereocenters. The maximum absolute atomic E-state index is 13.8. The number of benzene rings is 2. The van der Waals surface area contributed by atoms with Gasteiger partial charge < -0.3 is 5.32 Å². The van der Waals surface area contributed by atoms with Gasteiger partial charge in [-0.3, -0.25) is 19.3 Å². The van der Waals surface area contributed by atoms with E-state index in [9.17, 15) is 31.9 Å². The zero-order valence-electron chi connectivity index (χ0n) is 15.9. The molecule has 10 heteroatoms. The average Bonchev–Trinajstić information content (AvgIpc) is 2.96. The summed E-state index contributed by atoms with van der Waals surface area (Å²) in [6, 6.07) is 10.2. The van der Waals surface area contributed by atoms with Crippen LogP contribution in [0.25, 0.3) is 6.08 Å². The molecule has 0 unspecified atom stereocenters. The number of carbonyl (C=O) groups is 3. The monoisotopic (exact) mass is 452 g/mol. The maximum Gasteiger partial charge on any atom is 0.416 e. The first kappa shape index (κ1) is 22.5. The minimum Gasteiger partial charge on any atom is -0.354 e. The van der Waals surface area contributed by atoms with Crippen LogP contribution in [0, 0.1) is 5.82 Å². The van der Waals surface area contributed by atoms with Crippen LogP contribution in [0.5, 0.6) is 0 Å². The molecule has 0 bridgehead atoms. The standard InChI is InChI=1S/C21H16F4N2O3S/c22-16-7-2-1-5-14(16)12-17-19(29)27(20(30)31-17)9-8-26-18(28)11-13-4-3-6-15(10-13)21(23,24)25/h1-7,10,12H,8-9,11H2,(H,26,28). The molecular weight excluding hydrogens is 436 g/mol. The van der Waals surface area contributed by atoms with Gasteiger partial charge in [-0.15, -0.1) is 0 Å². The summed E-state index contributed by atoms with van der Waals surface area (Å²) in [6.45, 7) is -0.184. The van der Waals surface area contributed by atoms with Crippen LogP contribution < -0.4 is 5.32 Å². The Kier molecular flexibility index (Phi) is 6.79. The van der Waals surface area contributed by atoms with Crippen molar-refractivity contribution in [2.75, 3.05) is 13.1 Å². The lowest BCUT2D eigenvalue weighted by atomic mass is 10.1. The van der Waals surface area contributed by atoms with Crippen LogP contribution in [0.4, 0.5) is 22.4 Å². The minimum atomic E-state index is -4.51. The van der Waals surface area contributed by atoms with Crippen molar-refractivity contribution >= 4 is 34.9 Å². The summed E-state index contributed by atoms with van der Waals surface area (Å²) < 4.78 is 52.0. The van der Waals surface area contributed by atoms with Gasteiger partial charge in [-0.25, -0.2) is 4.39 Å². The van der Waals surface area contributed by atoms with Crippen molar-refractivity contribution in [2.24, 2.45) is 0 Å². The van der Waals surface area contributed by atoms with Gasteiger partial charge in [0.15, 0.2) is 0 Å². The lowest BCUT2D eigenvalue weighted by molar-refractivity contribution is -0.137. The Labute approximate surface area is 179 Å². The Balaban J connectivity index is 1.55.